The van der Waals surface area contributed by atoms with Crippen LogP contribution < -0.4 is 5.32 Å². The maximum Gasteiger partial charge on any atom is 0.337 e. The Morgan fingerprint density at radius 2 is 2.18 bits per heavy atom. The molecule has 1 aromatic carbocycles. The monoisotopic (exact) mass is 253 g/mol. The number of alkyl halides is 1. The minimum absolute atomic E-state index is 0.106. The van der Waals surface area contributed by atoms with E-state index in [1.165, 1.54) is 6.07 Å². The molecular formula is C10H8ClN3O3. The number of hydrogen-bond donors (Lipinski definition) is 2. The van der Waals surface area contributed by atoms with Crippen LogP contribution in [0.5, 0.6) is 0 Å². The van der Waals surface area contributed by atoms with Crippen LogP contribution >= 0.6 is 11.6 Å². The third-order valence-electron chi connectivity index (χ3n) is 1.98. The Balaban J connectivity index is 2.26. The van der Waals surface area contributed by atoms with Crippen molar-refractivity contribution in [2.45, 2.75) is 5.88 Å². The van der Waals surface area contributed by atoms with Crippen molar-refractivity contribution in [3.63, 3.8) is 0 Å². The highest BCUT2D eigenvalue weighted by molar-refractivity contribution is 6.16. The number of carbonyl (C=O) groups is 1. The summed E-state index contributed by atoms with van der Waals surface area (Å²) >= 11 is 5.51. The Labute approximate surface area is 101 Å². The summed E-state index contributed by atoms with van der Waals surface area (Å²) in [4.78, 5) is 10.9. The molecule has 88 valence electrons. The van der Waals surface area contributed by atoms with E-state index < -0.39 is 5.97 Å². The number of benzene rings is 1. The van der Waals surface area contributed by atoms with Crippen LogP contribution in [0.4, 0.5) is 11.7 Å². The standard InChI is InChI=1S/C10H8ClN3O3/c11-5-8-13-14-10(17-8)12-7-4-2-1-3-6(7)9(15)16/h1-4H,5H2,(H,12,14)(H,15,16). The van der Waals surface area contributed by atoms with Gasteiger partial charge in [-0.25, -0.2) is 4.79 Å². The molecule has 0 bridgehead atoms. The van der Waals surface area contributed by atoms with E-state index in [-0.39, 0.29) is 23.3 Å². The summed E-state index contributed by atoms with van der Waals surface area (Å²) in [7, 11) is 0. The maximum absolute atomic E-state index is 10.9. The molecule has 0 aliphatic heterocycles. The minimum atomic E-state index is -1.04. The Morgan fingerprint density at radius 3 is 2.82 bits per heavy atom. The average molecular weight is 254 g/mol. The Hall–Kier alpha value is -2.08. The van der Waals surface area contributed by atoms with E-state index in [9.17, 15) is 4.79 Å². The largest absolute Gasteiger partial charge is 0.478 e. The van der Waals surface area contributed by atoms with Gasteiger partial charge in [-0.15, -0.1) is 16.7 Å². The van der Waals surface area contributed by atoms with Gasteiger partial charge >= 0.3 is 12.0 Å². The zero-order valence-electron chi connectivity index (χ0n) is 8.55. The molecule has 0 saturated heterocycles. The molecule has 1 heterocycles. The van der Waals surface area contributed by atoms with Crippen molar-refractivity contribution in [2.24, 2.45) is 0 Å². The van der Waals surface area contributed by atoms with Gasteiger partial charge in [-0.2, -0.15) is 0 Å². The number of nitrogens with zero attached hydrogens (tertiary/aromatic N) is 2. The molecule has 0 radical (unpaired) electrons. The molecule has 2 rings (SSSR count). The van der Waals surface area contributed by atoms with E-state index in [0.29, 0.717) is 5.69 Å². The predicted molar refractivity (Wildman–Crippen MR) is 60.5 cm³/mol. The van der Waals surface area contributed by atoms with E-state index >= 15 is 0 Å². The number of carboxylic acids is 1. The molecule has 0 amide bonds. The number of para-hydroxylation sites is 1. The number of aromatic nitrogens is 2. The Morgan fingerprint density at radius 1 is 1.41 bits per heavy atom. The first-order valence-electron chi connectivity index (χ1n) is 4.68. The second-order valence-electron chi connectivity index (χ2n) is 3.11. The molecule has 0 aliphatic rings. The molecule has 0 atom stereocenters. The van der Waals surface area contributed by atoms with E-state index in [2.05, 4.69) is 15.5 Å². The molecule has 7 heteroatoms. The molecule has 2 aromatic rings. The number of nitrogens with one attached hydrogen (secondary N) is 1. The van der Waals surface area contributed by atoms with Crippen LogP contribution in [-0.2, 0) is 5.88 Å². The summed E-state index contributed by atoms with van der Waals surface area (Å²) in [6.07, 6.45) is 0. The van der Waals surface area contributed by atoms with Crippen LogP contribution in [0.3, 0.4) is 0 Å². The zero-order chi connectivity index (χ0) is 12.3. The highest BCUT2D eigenvalue weighted by atomic mass is 35.5. The molecule has 17 heavy (non-hydrogen) atoms. The molecule has 6 nitrogen and oxygen atoms in total. The van der Waals surface area contributed by atoms with Crippen LogP contribution in [0.15, 0.2) is 28.7 Å². The van der Waals surface area contributed by atoms with Gasteiger partial charge in [0.15, 0.2) is 0 Å². The van der Waals surface area contributed by atoms with E-state index in [4.69, 9.17) is 21.1 Å². The van der Waals surface area contributed by atoms with Crippen molar-refractivity contribution in [3.8, 4) is 0 Å². The molecule has 2 N–H and O–H groups in total. The lowest BCUT2D eigenvalue weighted by Crippen LogP contribution is -2.02. The van der Waals surface area contributed by atoms with Crippen LogP contribution in [0.2, 0.25) is 0 Å². The van der Waals surface area contributed by atoms with Crippen LogP contribution in [0, 0.1) is 0 Å². The third-order valence-corrected chi connectivity index (χ3v) is 2.21. The van der Waals surface area contributed by atoms with E-state index in [1.807, 2.05) is 0 Å². The minimum Gasteiger partial charge on any atom is -0.478 e. The molecular weight excluding hydrogens is 246 g/mol. The fraction of sp³-hybridized carbons (Fsp3) is 0.100. The van der Waals surface area contributed by atoms with Gasteiger partial charge in [0, 0.05) is 0 Å². The lowest BCUT2D eigenvalue weighted by Gasteiger charge is -2.04. The molecule has 0 unspecified atom stereocenters. The number of halogens is 1. The summed E-state index contributed by atoms with van der Waals surface area (Å²) < 4.78 is 5.11. The SMILES string of the molecule is O=C(O)c1ccccc1Nc1nnc(CCl)o1. The molecule has 0 fully saturated rings. The third kappa shape index (κ3) is 2.54. The van der Waals surface area contributed by atoms with Gasteiger partial charge in [-0.05, 0) is 12.1 Å². The van der Waals surface area contributed by atoms with Crippen molar-refractivity contribution >= 4 is 29.3 Å². The normalized spacial score (nSPS) is 10.2. The first-order chi connectivity index (χ1) is 8.20. The number of aromatic carboxylic acids is 1. The summed E-state index contributed by atoms with van der Waals surface area (Å²) in [6, 6.07) is 6.52. The zero-order valence-corrected chi connectivity index (χ0v) is 9.31. The second kappa shape index (κ2) is 4.84. The fourth-order valence-electron chi connectivity index (χ4n) is 1.25. The first-order valence-corrected chi connectivity index (χ1v) is 5.22. The van der Waals surface area contributed by atoms with Crippen molar-refractivity contribution < 1.29 is 14.3 Å². The Kier molecular flexibility index (Phi) is 3.24. The van der Waals surface area contributed by atoms with Crippen LogP contribution in [0.1, 0.15) is 16.2 Å². The number of hydrogen-bond acceptors (Lipinski definition) is 5. The quantitative estimate of drug-likeness (QED) is 0.813. The number of carboxylic acid groups (broad SMARTS) is 1. The highest BCUT2D eigenvalue weighted by Gasteiger charge is 2.11. The van der Waals surface area contributed by atoms with Gasteiger partial charge in [0.05, 0.1) is 11.3 Å². The molecule has 1 aromatic heterocycles. The average Bonchev–Trinajstić information content (AvgIpc) is 2.77. The first kappa shape index (κ1) is 11.4. The summed E-state index contributed by atoms with van der Waals surface area (Å²) in [5, 5.41) is 19.0. The highest BCUT2D eigenvalue weighted by Crippen LogP contribution is 2.20. The van der Waals surface area contributed by atoms with Gasteiger partial charge < -0.3 is 14.8 Å². The smallest absolute Gasteiger partial charge is 0.337 e. The maximum atomic E-state index is 10.9. The van der Waals surface area contributed by atoms with Crippen molar-refractivity contribution in [2.75, 3.05) is 5.32 Å². The Bertz CT molecular complexity index is 541. The van der Waals surface area contributed by atoms with Gasteiger partial charge in [-0.1, -0.05) is 17.2 Å². The van der Waals surface area contributed by atoms with Gasteiger partial charge in [0.25, 0.3) is 0 Å². The van der Waals surface area contributed by atoms with Gasteiger partial charge in [0.2, 0.25) is 5.89 Å². The lowest BCUT2D eigenvalue weighted by molar-refractivity contribution is 0.0698. The fourth-order valence-corrected chi connectivity index (χ4v) is 1.36. The van der Waals surface area contributed by atoms with Crippen molar-refractivity contribution in [1.82, 2.24) is 10.2 Å². The van der Waals surface area contributed by atoms with Crippen LogP contribution in [-0.4, -0.2) is 21.3 Å². The predicted octanol–water partition coefficient (Wildman–Crippen LogP) is 2.25. The molecule has 0 aliphatic carbocycles. The molecule has 0 spiro atoms. The topological polar surface area (TPSA) is 88.2 Å². The van der Waals surface area contributed by atoms with Crippen LogP contribution in [0.25, 0.3) is 0 Å². The van der Waals surface area contributed by atoms with Gasteiger partial charge in [-0.3, -0.25) is 0 Å². The van der Waals surface area contributed by atoms with Gasteiger partial charge in [0.1, 0.15) is 5.88 Å². The summed E-state index contributed by atoms with van der Waals surface area (Å²) in [5.41, 5.74) is 0.503. The summed E-state index contributed by atoms with van der Waals surface area (Å²) in [6.45, 7) is 0. The van der Waals surface area contributed by atoms with Crippen molar-refractivity contribution in [3.05, 3.63) is 35.7 Å². The summed E-state index contributed by atoms with van der Waals surface area (Å²) in [5.74, 6) is -0.665. The second-order valence-corrected chi connectivity index (χ2v) is 3.38. The van der Waals surface area contributed by atoms with E-state index in [1.54, 1.807) is 18.2 Å². The number of anilines is 2. The lowest BCUT2D eigenvalue weighted by atomic mass is 10.2. The molecule has 0 saturated carbocycles. The van der Waals surface area contributed by atoms with Crippen molar-refractivity contribution in [1.29, 1.82) is 0 Å². The number of rotatable bonds is 4. The van der Waals surface area contributed by atoms with E-state index in [0.717, 1.165) is 0 Å².